The Kier molecular flexibility index (Phi) is 4.85. The molecule has 1 aliphatic carbocycles. The van der Waals surface area contributed by atoms with Gasteiger partial charge in [-0.05, 0) is 53.0 Å². The summed E-state index contributed by atoms with van der Waals surface area (Å²) in [5.41, 5.74) is 4.94. The number of hydrogen-bond donors (Lipinski definition) is 1. The average Bonchev–Trinajstić information content (AvgIpc) is 3.15. The van der Waals surface area contributed by atoms with Crippen molar-refractivity contribution in [3.8, 4) is 11.5 Å². The van der Waals surface area contributed by atoms with Gasteiger partial charge in [-0.25, -0.2) is 0 Å². The van der Waals surface area contributed by atoms with Crippen molar-refractivity contribution in [1.82, 2.24) is 0 Å². The van der Waals surface area contributed by atoms with Gasteiger partial charge >= 0.3 is 0 Å². The lowest BCUT2D eigenvalue weighted by Crippen LogP contribution is -2.00. The predicted octanol–water partition coefficient (Wildman–Crippen LogP) is 5.46. The number of ether oxygens (including phenoxy) is 1. The van der Waals surface area contributed by atoms with E-state index in [1.165, 1.54) is 16.7 Å². The SMILES string of the molecule is CC/C(=C(\c1ccc(OC)cc1)C1C=CC=C1)c1ccc(O)cc1. The van der Waals surface area contributed by atoms with E-state index in [1.54, 1.807) is 19.2 Å². The van der Waals surface area contributed by atoms with Crippen LogP contribution in [0.15, 0.2) is 72.8 Å². The van der Waals surface area contributed by atoms with Crippen LogP contribution in [0, 0.1) is 5.92 Å². The van der Waals surface area contributed by atoms with E-state index in [-0.39, 0.29) is 5.92 Å². The highest BCUT2D eigenvalue weighted by atomic mass is 16.5. The molecule has 0 aliphatic heterocycles. The Labute approximate surface area is 143 Å². The first-order chi connectivity index (χ1) is 11.7. The molecular weight excluding hydrogens is 296 g/mol. The second kappa shape index (κ2) is 7.22. The fraction of sp³-hybridized carbons (Fsp3) is 0.182. The molecule has 24 heavy (non-hydrogen) atoms. The number of benzene rings is 2. The molecule has 2 aromatic rings. The highest BCUT2D eigenvalue weighted by Crippen LogP contribution is 2.38. The molecule has 0 heterocycles. The molecule has 1 N–H and O–H groups in total. The average molecular weight is 318 g/mol. The van der Waals surface area contributed by atoms with E-state index in [1.807, 2.05) is 24.3 Å². The van der Waals surface area contributed by atoms with Crippen molar-refractivity contribution in [3.63, 3.8) is 0 Å². The van der Waals surface area contributed by atoms with Crippen LogP contribution < -0.4 is 4.74 Å². The fourth-order valence-corrected chi connectivity index (χ4v) is 3.18. The molecule has 2 aromatic carbocycles. The first kappa shape index (κ1) is 16.1. The summed E-state index contributed by atoms with van der Waals surface area (Å²) in [6.45, 7) is 2.17. The van der Waals surface area contributed by atoms with Crippen LogP contribution in [0.25, 0.3) is 11.1 Å². The summed E-state index contributed by atoms with van der Waals surface area (Å²) in [4.78, 5) is 0. The molecule has 3 rings (SSSR count). The first-order valence-corrected chi connectivity index (χ1v) is 8.24. The van der Waals surface area contributed by atoms with Crippen LogP contribution in [0.1, 0.15) is 24.5 Å². The van der Waals surface area contributed by atoms with Gasteiger partial charge in [-0.15, -0.1) is 0 Å². The number of methoxy groups -OCH3 is 1. The lowest BCUT2D eigenvalue weighted by atomic mass is 9.85. The molecule has 0 bridgehead atoms. The maximum Gasteiger partial charge on any atom is 0.118 e. The third-order valence-corrected chi connectivity index (χ3v) is 4.38. The molecule has 1 aliphatic rings. The molecular formula is C22H22O2. The van der Waals surface area contributed by atoms with Crippen molar-refractivity contribution >= 4 is 11.1 Å². The third kappa shape index (κ3) is 3.28. The number of phenols is 1. The third-order valence-electron chi connectivity index (χ3n) is 4.38. The van der Waals surface area contributed by atoms with Gasteiger partial charge in [0.25, 0.3) is 0 Å². The maximum absolute atomic E-state index is 9.58. The van der Waals surface area contributed by atoms with Crippen molar-refractivity contribution in [1.29, 1.82) is 0 Å². The smallest absolute Gasteiger partial charge is 0.118 e. The van der Waals surface area contributed by atoms with Crippen molar-refractivity contribution in [2.45, 2.75) is 13.3 Å². The summed E-state index contributed by atoms with van der Waals surface area (Å²) in [6, 6.07) is 15.7. The molecule has 0 aromatic heterocycles. The van der Waals surface area contributed by atoms with Crippen molar-refractivity contribution in [3.05, 3.63) is 84.0 Å². The Morgan fingerprint density at radius 1 is 0.917 bits per heavy atom. The Morgan fingerprint density at radius 3 is 2.04 bits per heavy atom. The Bertz CT molecular complexity index is 766. The van der Waals surface area contributed by atoms with Gasteiger partial charge in [0.05, 0.1) is 7.11 Å². The van der Waals surface area contributed by atoms with Gasteiger partial charge in [-0.3, -0.25) is 0 Å². The molecule has 0 unspecified atom stereocenters. The minimum absolute atomic E-state index is 0.266. The van der Waals surface area contributed by atoms with Crippen molar-refractivity contribution < 1.29 is 9.84 Å². The van der Waals surface area contributed by atoms with E-state index < -0.39 is 0 Å². The van der Waals surface area contributed by atoms with E-state index in [0.717, 1.165) is 17.7 Å². The minimum Gasteiger partial charge on any atom is -0.508 e. The van der Waals surface area contributed by atoms with E-state index in [0.29, 0.717) is 5.75 Å². The zero-order valence-electron chi connectivity index (χ0n) is 14.1. The van der Waals surface area contributed by atoms with Gasteiger partial charge in [-0.2, -0.15) is 0 Å². The molecule has 2 nitrogen and oxygen atoms in total. The summed E-state index contributed by atoms with van der Waals surface area (Å²) in [5, 5.41) is 9.58. The van der Waals surface area contributed by atoms with Crippen LogP contribution in [0.5, 0.6) is 11.5 Å². The molecule has 0 amide bonds. The number of allylic oxidation sites excluding steroid dienone is 6. The second-order valence-corrected chi connectivity index (χ2v) is 5.82. The summed E-state index contributed by atoms with van der Waals surface area (Å²) in [6.07, 6.45) is 9.55. The first-order valence-electron chi connectivity index (χ1n) is 8.24. The monoisotopic (exact) mass is 318 g/mol. The van der Waals surface area contributed by atoms with Crippen LogP contribution >= 0.6 is 0 Å². The van der Waals surface area contributed by atoms with E-state index in [4.69, 9.17) is 4.74 Å². The molecule has 122 valence electrons. The number of aromatic hydroxyl groups is 1. The summed E-state index contributed by atoms with van der Waals surface area (Å²) < 4.78 is 5.29. The van der Waals surface area contributed by atoms with Crippen LogP contribution in [-0.2, 0) is 0 Å². The van der Waals surface area contributed by atoms with Gasteiger partial charge < -0.3 is 9.84 Å². The van der Waals surface area contributed by atoms with Crippen molar-refractivity contribution in [2.24, 2.45) is 5.92 Å². The fourth-order valence-electron chi connectivity index (χ4n) is 3.18. The second-order valence-electron chi connectivity index (χ2n) is 5.82. The molecule has 0 saturated heterocycles. The molecule has 0 radical (unpaired) electrons. The maximum atomic E-state index is 9.58. The van der Waals surface area contributed by atoms with Crippen LogP contribution in [0.2, 0.25) is 0 Å². The Hall–Kier alpha value is -2.74. The van der Waals surface area contributed by atoms with Gasteiger partial charge in [0.2, 0.25) is 0 Å². The summed E-state index contributed by atoms with van der Waals surface area (Å²) in [7, 11) is 1.68. The summed E-state index contributed by atoms with van der Waals surface area (Å²) >= 11 is 0. The lowest BCUT2D eigenvalue weighted by molar-refractivity contribution is 0.415. The molecule has 0 spiro atoms. The molecule has 2 heteroatoms. The van der Waals surface area contributed by atoms with Crippen molar-refractivity contribution in [2.75, 3.05) is 7.11 Å². The highest BCUT2D eigenvalue weighted by molar-refractivity contribution is 5.93. The molecule has 0 fully saturated rings. The zero-order chi connectivity index (χ0) is 16.9. The lowest BCUT2D eigenvalue weighted by Gasteiger charge is -2.19. The summed E-state index contributed by atoms with van der Waals surface area (Å²) in [5.74, 6) is 1.42. The predicted molar refractivity (Wildman–Crippen MR) is 100.0 cm³/mol. The highest BCUT2D eigenvalue weighted by Gasteiger charge is 2.18. The number of hydrogen-bond acceptors (Lipinski definition) is 2. The number of phenolic OH excluding ortho intramolecular Hbond substituents is 1. The Morgan fingerprint density at radius 2 is 1.50 bits per heavy atom. The minimum atomic E-state index is 0.266. The quantitative estimate of drug-likeness (QED) is 0.741. The number of rotatable bonds is 5. The van der Waals surface area contributed by atoms with E-state index >= 15 is 0 Å². The van der Waals surface area contributed by atoms with Crippen LogP contribution in [0.4, 0.5) is 0 Å². The van der Waals surface area contributed by atoms with Crippen LogP contribution in [0.3, 0.4) is 0 Å². The van der Waals surface area contributed by atoms with E-state index in [2.05, 4.69) is 43.4 Å². The standard InChI is InChI=1S/C22H22O2/c1-3-21(16-8-12-19(23)13-9-16)22(17-6-4-5-7-17)18-10-14-20(24-2)15-11-18/h4-15,17,23H,3H2,1-2H3/b22-21+. The Balaban J connectivity index is 2.15. The largest absolute Gasteiger partial charge is 0.508 e. The van der Waals surface area contributed by atoms with Crippen LogP contribution in [-0.4, -0.2) is 12.2 Å². The normalized spacial score (nSPS) is 14.8. The zero-order valence-corrected chi connectivity index (χ0v) is 14.1. The topological polar surface area (TPSA) is 29.5 Å². The van der Waals surface area contributed by atoms with E-state index in [9.17, 15) is 5.11 Å². The molecule has 0 atom stereocenters. The van der Waals surface area contributed by atoms with Gasteiger partial charge in [0, 0.05) is 5.92 Å². The van der Waals surface area contributed by atoms with Gasteiger partial charge in [0.1, 0.15) is 11.5 Å². The van der Waals surface area contributed by atoms with Gasteiger partial charge in [0.15, 0.2) is 0 Å². The molecule has 0 saturated carbocycles. The van der Waals surface area contributed by atoms with Gasteiger partial charge in [-0.1, -0.05) is 55.5 Å².